The van der Waals surface area contributed by atoms with Gasteiger partial charge in [0.2, 0.25) is 5.56 Å². The highest BCUT2D eigenvalue weighted by Crippen LogP contribution is 2.37. The van der Waals surface area contributed by atoms with Crippen molar-refractivity contribution in [3.05, 3.63) is 75.6 Å². The van der Waals surface area contributed by atoms with Crippen LogP contribution in [0.5, 0.6) is 5.75 Å². The number of ether oxygens (including phenoxy) is 1. The van der Waals surface area contributed by atoms with Crippen molar-refractivity contribution < 1.29 is 14.6 Å². The SMILES string of the molecule is COc1ccccc1[C@@]1(O)CCCN(C(=O)c2cc(=O)[nH]c3c(C)cccc23)C1. The molecule has 0 aliphatic carbocycles. The van der Waals surface area contributed by atoms with Crippen molar-refractivity contribution in [2.75, 3.05) is 20.2 Å². The molecule has 1 saturated heterocycles. The Balaban J connectivity index is 1.73. The number of hydrogen-bond acceptors (Lipinski definition) is 4. The smallest absolute Gasteiger partial charge is 0.254 e. The fourth-order valence-corrected chi connectivity index (χ4v) is 4.23. The zero-order valence-corrected chi connectivity index (χ0v) is 16.6. The quantitative estimate of drug-likeness (QED) is 0.718. The highest BCUT2D eigenvalue weighted by Gasteiger charge is 2.39. The topological polar surface area (TPSA) is 82.6 Å². The lowest BCUT2D eigenvalue weighted by molar-refractivity contribution is -0.0302. The number of piperidine rings is 1. The molecular weight excluding hydrogens is 368 g/mol. The third kappa shape index (κ3) is 3.40. The standard InChI is InChI=1S/C23H24N2O4/c1-15-7-5-8-16-17(13-20(26)24-21(15)16)22(27)25-12-6-11-23(28,14-25)18-9-3-4-10-19(18)29-2/h3-5,7-10,13,28H,6,11-12,14H2,1-2H3,(H,24,26)/t23-/m1/s1. The predicted molar refractivity (Wildman–Crippen MR) is 111 cm³/mol. The van der Waals surface area contributed by atoms with Crippen LogP contribution in [0.2, 0.25) is 0 Å². The maximum atomic E-state index is 13.4. The van der Waals surface area contributed by atoms with Crippen molar-refractivity contribution in [3.63, 3.8) is 0 Å². The second-order valence-electron chi connectivity index (χ2n) is 7.61. The Kier molecular flexibility index (Phi) is 4.88. The summed E-state index contributed by atoms with van der Waals surface area (Å²) in [5.41, 5.74) is 1.09. The van der Waals surface area contributed by atoms with Gasteiger partial charge in [-0.2, -0.15) is 0 Å². The summed E-state index contributed by atoms with van der Waals surface area (Å²) in [6.45, 7) is 2.57. The molecule has 0 saturated carbocycles. The summed E-state index contributed by atoms with van der Waals surface area (Å²) >= 11 is 0. The van der Waals surface area contributed by atoms with Gasteiger partial charge in [-0.25, -0.2) is 0 Å². The van der Waals surface area contributed by atoms with Gasteiger partial charge in [0.15, 0.2) is 0 Å². The van der Waals surface area contributed by atoms with Crippen LogP contribution in [-0.2, 0) is 5.60 Å². The molecule has 1 amide bonds. The highest BCUT2D eigenvalue weighted by atomic mass is 16.5. The Morgan fingerprint density at radius 2 is 2.00 bits per heavy atom. The van der Waals surface area contributed by atoms with Gasteiger partial charge in [0.25, 0.3) is 5.91 Å². The fraction of sp³-hybridized carbons (Fsp3) is 0.304. The number of hydrogen-bond donors (Lipinski definition) is 2. The lowest BCUT2D eigenvalue weighted by Crippen LogP contribution is -2.48. The van der Waals surface area contributed by atoms with Crippen molar-refractivity contribution >= 4 is 16.8 Å². The van der Waals surface area contributed by atoms with E-state index in [0.29, 0.717) is 47.2 Å². The Hall–Kier alpha value is -3.12. The summed E-state index contributed by atoms with van der Waals surface area (Å²) in [7, 11) is 1.57. The zero-order chi connectivity index (χ0) is 20.6. The van der Waals surface area contributed by atoms with Gasteiger partial charge < -0.3 is 19.7 Å². The number of aryl methyl sites for hydroxylation is 1. The lowest BCUT2D eigenvalue weighted by Gasteiger charge is -2.40. The van der Waals surface area contributed by atoms with Gasteiger partial charge >= 0.3 is 0 Å². The second-order valence-corrected chi connectivity index (χ2v) is 7.61. The monoisotopic (exact) mass is 392 g/mol. The molecule has 2 heterocycles. The summed E-state index contributed by atoms with van der Waals surface area (Å²) < 4.78 is 5.42. The van der Waals surface area contributed by atoms with Gasteiger partial charge in [0.1, 0.15) is 11.4 Å². The van der Waals surface area contributed by atoms with Crippen LogP contribution in [0.3, 0.4) is 0 Å². The first-order chi connectivity index (χ1) is 13.9. The second kappa shape index (κ2) is 7.37. The van der Waals surface area contributed by atoms with Crippen LogP contribution in [0.25, 0.3) is 10.9 Å². The van der Waals surface area contributed by atoms with E-state index in [-0.39, 0.29) is 18.0 Å². The van der Waals surface area contributed by atoms with E-state index in [1.54, 1.807) is 18.1 Å². The molecule has 0 radical (unpaired) electrons. The predicted octanol–water partition coefficient (Wildman–Crippen LogP) is 2.97. The molecule has 1 atom stereocenters. The number of nitrogens with one attached hydrogen (secondary N) is 1. The number of methoxy groups -OCH3 is 1. The summed E-state index contributed by atoms with van der Waals surface area (Å²) in [5, 5.41) is 12.1. The molecule has 6 heteroatoms. The molecule has 29 heavy (non-hydrogen) atoms. The number of aromatic nitrogens is 1. The van der Waals surface area contributed by atoms with E-state index in [9.17, 15) is 14.7 Å². The number of carbonyl (C=O) groups is 1. The van der Waals surface area contributed by atoms with Crippen LogP contribution < -0.4 is 10.3 Å². The van der Waals surface area contributed by atoms with Gasteiger partial charge in [0, 0.05) is 23.6 Å². The normalized spacial score (nSPS) is 19.3. The molecule has 1 fully saturated rings. The molecule has 0 bridgehead atoms. The molecular formula is C23H24N2O4. The first kappa shape index (κ1) is 19.2. The first-order valence-electron chi connectivity index (χ1n) is 9.71. The third-order valence-electron chi connectivity index (χ3n) is 5.68. The minimum Gasteiger partial charge on any atom is -0.496 e. The number of pyridine rings is 1. The average molecular weight is 392 g/mol. The number of H-pyrrole nitrogens is 1. The first-order valence-corrected chi connectivity index (χ1v) is 9.71. The molecule has 0 spiro atoms. The van der Waals surface area contributed by atoms with Gasteiger partial charge in [-0.3, -0.25) is 9.59 Å². The number of nitrogens with zero attached hydrogens (tertiary/aromatic N) is 1. The number of carbonyl (C=O) groups excluding carboxylic acids is 1. The van der Waals surface area contributed by atoms with Crippen molar-refractivity contribution in [1.29, 1.82) is 0 Å². The number of fused-ring (bicyclic) bond motifs is 1. The van der Waals surface area contributed by atoms with Crippen LogP contribution in [0.1, 0.15) is 34.3 Å². The fourth-order valence-electron chi connectivity index (χ4n) is 4.23. The number of β-amino-alcohol motifs (C(OH)–C–C–N with tert-alkyl or cyclic N) is 1. The van der Waals surface area contributed by atoms with Crippen LogP contribution in [-0.4, -0.2) is 41.1 Å². The molecule has 1 aromatic heterocycles. The molecule has 2 aromatic carbocycles. The molecule has 4 rings (SSSR count). The van der Waals surface area contributed by atoms with Gasteiger partial charge in [0.05, 0.1) is 24.7 Å². The minimum absolute atomic E-state index is 0.145. The molecule has 1 aliphatic heterocycles. The van der Waals surface area contributed by atoms with Gasteiger partial charge in [-0.05, 0) is 31.4 Å². The van der Waals surface area contributed by atoms with E-state index < -0.39 is 5.60 Å². The molecule has 3 aromatic rings. The highest BCUT2D eigenvalue weighted by molar-refractivity contribution is 6.06. The lowest BCUT2D eigenvalue weighted by atomic mass is 9.85. The molecule has 0 unspecified atom stereocenters. The van der Waals surface area contributed by atoms with Crippen molar-refractivity contribution in [2.45, 2.75) is 25.4 Å². The largest absolute Gasteiger partial charge is 0.496 e. The summed E-state index contributed by atoms with van der Waals surface area (Å²) in [6, 6.07) is 14.3. The van der Waals surface area contributed by atoms with Gasteiger partial charge in [-0.15, -0.1) is 0 Å². The molecule has 6 nitrogen and oxygen atoms in total. The van der Waals surface area contributed by atoms with Crippen molar-refractivity contribution in [3.8, 4) is 5.75 Å². The summed E-state index contributed by atoms with van der Waals surface area (Å²) in [5.74, 6) is 0.348. The van der Waals surface area contributed by atoms with E-state index in [2.05, 4.69) is 4.98 Å². The van der Waals surface area contributed by atoms with E-state index in [1.165, 1.54) is 6.07 Å². The van der Waals surface area contributed by atoms with Crippen LogP contribution in [0.4, 0.5) is 0 Å². The van der Waals surface area contributed by atoms with E-state index >= 15 is 0 Å². The van der Waals surface area contributed by atoms with Gasteiger partial charge in [-0.1, -0.05) is 36.4 Å². The number of rotatable bonds is 3. The van der Waals surface area contributed by atoms with Crippen molar-refractivity contribution in [2.24, 2.45) is 0 Å². The number of aromatic amines is 1. The maximum Gasteiger partial charge on any atom is 0.254 e. The van der Waals surface area contributed by atoms with Crippen LogP contribution in [0, 0.1) is 6.92 Å². The molecule has 2 N–H and O–H groups in total. The summed E-state index contributed by atoms with van der Waals surface area (Å²) in [6.07, 6.45) is 1.19. The van der Waals surface area contributed by atoms with E-state index in [1.807, 2.05) is 43.3 Å². The Morgan fingerprint density at radius 3 is 2.79 bits per heavy atom. The zero-order valence-electron chi connectivity index (χ0n) is 16.6. The maximum absolute atomic E-state index is 13.4. The Bertz CT molecular complexity index is 1140. The number of amides is 1. The third-order valence-corrected chi connectivity index (χ3v) is 5.68. The summed E-state index contributed by atoms with van der Waals surface area (Å²) in [4.78, 5) is 30.0. The van der Waals surface area contributed by atoms with E-state index in [4.69, 9.17) is 4.74 Å². The van der Waals surface area contributed by atoms with Crippen LogP contribution >= 0.6 is 0 Å². The number of para-hydroxylation sites is 2. The average Bonchev–Trinajstić information content (AvgIpc) is 2.73. The Labute approximate surface area is 168 Å². The van der Waals surface area contributed by atoms with Crippen molar-refractivity contribution in [1.82, 2.24) is 9.88 Å². The minimum atomic E-state index is -1.20. The van der Waals surface area contributed by atoms with E-state index in [0.717, 1.165) is 5.56 Å². The molecule has 1 aliphatic rings. The molecule has 150 valence electrons. The number of benzene rings is 2. The van der Waals surface area contributed by atoms with Crippen LogP contribution in [0.15, 0.2) is 53.3 Å². The Morgan fingerprint density at radius 1 is 1.21 bits per heavy atom. The number of aliphatic hydroxyl groups is 1. The number of likely N-dealkylation sites (tertiary alicyclic amines) is 1.